The van der Waals surface area contributed by atoms with Crippen LogP contribution in [0.25, 0.3) is 0 Å². The molecule has 25 heavy (non-hydrogen) atoms. The maximum Gasteiger partial charge on any atom is 0.336 e. The highest BCUT2D eigenvalue weighted by Crippen LogP contribution is 2.33. The highest BCUT2D eigenvalue weighted by atomic mass is 35.5. The molecule has 0 bridgehead atoms. The number of benzene rings is 3. The van der Waals surface area contributed by atoms with E-state index in [1.165, 1.54) is 6.07 Å². The molecule has 0 aromatic heterocycles. The summed E-state index contributed by atoms with van der Waals surface area (Å²) in [5.41, 5.74) is 10.5. The Morgan fingerprint density at radius 1 is 0.880 bits per heavy atom. The van der Waals surface area contributed by atoms with Crippen LogP contribution >= 0.6 is 11.6 Å². The number of carbonyl (C=O) groups is 1. The van der Waals surface area contributed by atoms with Gasteiger partial charge in [0.15, 0.2) is 0 Å². The Morgan fingerprint density at radius 2 is 1.36 bits per heavy atom. The molecule has 4 heteroatoms. The molecule has 3 aromatic carbocycles. The second kappa shape index (κ2) is 7.41. The van der Waals surface area contributed by atoms with Gasteiger partial charge in [0.1, 0.15) is 0 Å². The number of hydrogen-bond donors (Lipinski definition) is 2. The number of nitrogen functional groups attached to an aromatic ring is 1. The van der Waals surface area contributed by atoms with E-state index in [1.54, 1.807) is 0 Å². The maximum absolute atomic E-state index is 11.8. The topological polar surface area (TPSA) is 63.3 Å². The predicted octanol–water partition coefficient (Wildman–Crippen LogP) is 4.80. The second-order valence-corrected chi connectivity index (χ2v) is 6.31. The molecule has 0 atom stereocenters. The number of nitrogens with two attached hydrogens (primary N) is 1. The highest BCUT2D eigenvalue weighted by Gasteiger charge is 2.20. The standard InChI is InChI=1S/C21H18ClNO2/c22-19-13-18(21(24)25)16(11-14-7-3-1-4-8-14)17(20(19)23)12-15-9-5-2-6-10-15/h1-10,13H,11-12,23H2,(H,24,25). The number of anilines is 1. The average molecular weight is 352 g/mol. The molecule has 0 aliphatic carbocycles. The lowest BCUT2D eigenvalue weighted by Gasteiger charge is -2.17. The van der Waals surface area contributed by atoms with Crippen LogP contribution < -0.4 is 5.73 Å². The van der Waals surface area contributed by atoms with Crippen LogP contribution in [0.1, 0.15) is 32.6 Å². The number of hydrogen-bond acceptors (Lipinski definition) is 2. The van der Waals surface area contributed by atoms with Crippen molar-refractivity contribution in [2.75, 3.05) is 5.73 Å². The van der Waals surface area contributed by atoms with E-state index in [2.05, 4.69) is 0 Å². The Morgan fingerprint density at radius 3 is 1.84 bits per heavy atom. The fourth-order valence-corrected chi connectivity index (χ4v) is 3.18. The SMILES string of the molecule is Nc1c(Cl)cc(C(=O)O)c(Cc2ccccc2)c1Cc1ccccc1. The van der Waals surface area contributed by atoms with Crippen molar-refractivity contribution in [3.05, 3.63) is 99.6 Å². The minimum absolute atomic E-state index is 0.203. The van der Waals surface area contributed by atoms with Gasteiger partial charge in [0.25, 0.3) is 0 Å². The van der Waals surface area contributed by atoms with Gasteiger partial charge in [-0.1, -0.05) is 72.3 Å². The normalized spacial score (nSPS) is 10.6. The third kappa shape index (κ3) is 3.83. The molecule has 0 heterocycles. The first-order valence-electron chi connectivity index (χ1n) is 7.97. The first kappa shape index (κ1) is 17.1. The Kier molecular flexibility index (Phi) is 5.05. The van der Waals surface area contributed by atoms with E-state index in [-0.39, 0.29) is 10.6 Å². The Labute approximate surface area is 151 Å². The molecule has 0 aliphatic heterocycles. The van der Waals surface area contributed by atoms with Crippen molar-refractivity contribution < 1.29 is 9.90 Å². The van der Waals surface area contributed by atoms with Gasteiger partial charge in [-0.05, 0) is 41.2 Å². The number of carboxylic acids is 1. The van der Waals surface area contributed by atoms with Crippen LogP contribution in [0, 0.1) is 0 Å². The smallest absolute Gasteiger partial charge is 0.336 e. The fraction of sp³-hybridized carbons (Fsp3) is 0.0952. The Hall–Kier alpha value is -2.78. The third-order valence-corrected chi connectivity index (χ3v) is 4.53. The summed E-state index contributed by atoms with van der Waals surface area (Å²) in [5, 5.41) is 9.93. The lowest BCUT2D eigenvalue weighted by atomic mass is 9.90. The molecular formula is C21H18ClNO2. The average Bonchev–Trinajstić information content (AvgIpc) is 2.62. The molecule has 3 N–H and O–H groups in total. The minimum Gasteiger partial charge on any atom is -0.478 e. The van der Waals surface area contributed by atoms with Crippen molar-refractivity contribution in [1.82, 2.24) is 0 Å². The third-order valence-electron chi connectivity index (χ3n) is 4.22. The van der Waals surface area contributed by atoms with Crippen LogP contribution in [-0.4, -0.2) is 11.1 Å². The zero-order valence-corrected chi connectivity index (χ0v) is 14.3. The molecule has 0 saturated carbocycles. The summed E-state index contributed by atoms with van der Waals surface area (Å²) in [6.07, 6.45) is 1.03. The number of halogens is 1. The van der Waals surface area contributed by atoms with Gasteiger partial charge in [-0.3, -0.25) is 0 Å². The van der Waals surface area contributed by atoms with E-state index in [0.29, 0.717) is 24.1 Å². The first-order valence-corrected chi connectivity index (χ1v) is 8.35. The number of rotatable bonds is 5. The van der Waals surface area contributed by atoms with Gasteiger partial charge in [-0.25, -0.2) is 4.79 Å². The van der Waals surface area contributed by atoms with Crippen LogP contribution in [0.15, 0.2) is 66.7 Å². The molecule has 3 nitrogen and oxygen atoms in total. The van der Waals surface area contributed by atoms with Crippen molar-refractivity contribution >= 4 is 23.3 Å². The van der Waals surface area contributed by atoms with Crippen LogP contribution in [0.3, 0.4) is 0 Å². The van der Waals surface area contributed by atoms with Gasteiger partial charge < -0.3 is 10.8 Å². The quantitative estimate of drug-likeness (QED) is 0.649. The van der Waals surface area contributed by atoms with Crippen LogP contribution in [0.2, 0.25) is 5.02 Å². The molecule has 0 amide bonds. The fourth-order valence-electron chi connectivity index (χ4n) is 2.96. The number of aromatic carboxylic acids is 1. The molecular weight excluding hydrogens is 334 g/mol. The van der Waals surface area contributed by atoms with Gasteiger partial charge in [0, 0.05) is 0 Å². The predicted molar refractivity (Wildman–Crippen MR) is 101 cm³/mol. The molecule has 126 valence electrons. The summed E-state index contributed by atoms with van der Waals surface area (Å²) < 4.78 is 0. The second-order valence-electron chi connectivity index (χ2n) is 5.91. The van der Waals surface area contributed by atoms with Gasteiger partial charge in [0.05, 0.1) is 16.3 Å². The van der Waals surface area contributed by atoms with E-state index in [4.69, 9.17) is 17.3 Å². The van der Waals surface area contributed by atoms with Crippen molar-refractivity contribution in [3.8, 4) is 0 Å². The largest absolute Gasteiger partial charge is 0.478 e. The van der Waals surface area contributed by atoms with E-state index < -0.39 is 5.97 Å². The molecule has 0 spiro atoms. The van der Waals surface area contributed by atoms with Gasteiger partial charge in [0.2, 0.25) is 0 Å². The Balaban J connectivity index is 2.14. The zero-order valence-electron chi connectivity index (χ0n) is 13.6. The molecule has 0 unspecified atom stereocenters. The van der Waals surface area contributed by atoms with Crippen molar-refractivity contribution in [3.63, 3.8) is 0 Å². The molecule has 3 aromatic rings. The highest BCUT2D eigenvalue weighted by molar-refractivity contribution is 6.33. The van der Waals surface area contributed by atoms with E-state index >= 15 is 0 Å². The summed E-state index contributed by atoms with van der Waals surface area (Å²) >= 11 is 6.22. The summed E-state index contributed by atoms with van der Waals surface area (Å²) in [7, 11) is 0. The molecule has 0 radical (unpaired) electrons. The first-order chi connectivity index (χ1) is 12.1. The summed E-state index contributed by atoms with van der Waals surface area (Å²) in [5.74, 6) is -0.998. The monoisotopic (exact) mass is 351 g/mol. The van der Waals surface area contributed by atoms with Crippen LogP contribution in [0.4, 0.5) is 5.69 Å². The number of carboxylic acid groups (broad SMARTS) is 1. The van der Waals surface area contributed by atoms with E-state index in [1.807, 2.05) is 60.7 Å². The van der Waals surface area contributed by atoms with Gasteiger partial charge >= 0.3 is 5.97 Å². The molecule has 0 fully saturated rings. The van der Waals surface area contributed by atoms with E-state index in [0.717, 1.165) is 16.7 Å². The maximum atomic E-state index is 11.8. The molecule has 0 aliphatic rings. The Bertz CT molecular complexity index is 893. The lowest BCUT2D eigenvalue weighted by Crippen LogP contribution is -2.11. The van der Waals surface area contributed by atoms with Crippen LogP contribution in [0.5, 0.6) is 0 Å². The minimum atomic E-state index is -0.998. The summed E-state index contributed by atoms with van der Waals surface area (Å²) in [6, 6.07) is 21.0. The van der Waals surface area contributed by atoms with Crippen LogP contribution in [-0.2, 0) is 12.8 Å². The molecule has 0 saturated heterocycles. The lowest BCUT2D eigenvalue weighted by molar-refractivity contribution is 0.0695. The molecule has 3 rings (SSSR count). The van der Waals surface area contributed by atoms with Crippen molar-refractivity contribution in [2.45, 2.75) is 12.8 Å². The summed E-state index contributed by atoms with van der Waals surface area (Å²) in [4.78, 5) is 11.8. The van der Waals surface area contributed by atoms with E-state index in [9.17, 15) is 9.90 Å². The van der Waals surface area contributed by atoms with Crippen molar-refractivity contribution in [2.24, 2.45) is 0 Å². The van der Waals surface area contributed by atoms with Gasteiger partial charge in [-0.2, -0.15) is 0 Å². The zero-order chi connectivity index (χ0) is 17.8. The van der Waals surface area contributed by atoms with Gasteiger partial charge in [-0.15, -0.1) is 0 Å². The summed E-state index contributed by atoms with van der Waals surface area (Å²) in [6.45, 7) is 0. The van der Waals surface area contributed by atoms with Crippen molar-refractivity contribution in [1.29, 1.82) is 0 Å².